The second-order valence-electron chi connectivity index (χ2n) is 6.46. The third kappa shape index (κ3) is 3.56. The number of benzene rings is 1. The predicted octanol–water partition coefficient (Wildman–Crippen LogP) is 1.95. The van der Waals surface area contributed by atoms with Crippen molar-refractivity contribution in [1.29, 1.82) is 0 Å². The summed E-state index contributed by atoms with van der Waals surface area (Å²) in [5.41, 5.74) is 9.88. The Morgan fingerprint density at radius 3 is 2.92 bits per heavy atom. The highest BCUT2D eigenvalue weighted by Crippen LogP contribution is 2.23. The number of fused-ring (bicyclic) bond motifs is 1. The van der Waals surface area contributed by atoms with Gasteiger partial charge in [0, 0.05) is 43.2 Å². The lowest BCUT2D eigenvalue weighted by atomic mass is 10.1. The summed E-state index contributed by atoms with van der Waals surface area (Å²) in [6.07, 6.45) is 7.06. The van der Waals surface area contributed by atoms with Gasteiger partial charge in [0.05, 0.1) is 18.9 Å². The van der Waals surface area contributed by atoms with Crippen LogP contribution in [0.4, 0.5) is 0 Å². The Kier molecular flexibility index (Phi) is 4.74. The zero-order valence-electron chi connectivity index (χ0n) is 14.2. The van der Waals surface area contributed by atoms with Gasteiger partial charge in [0.2, 0.25) is 0 Å². The van der Waals surface area contributed by atoms with Crippen LogP contribution in [0.5, 0.6) is 0 Å². The molecule has 0 saturated carbocycles. The van der Waals surface area contributed by atoms with Crippen molar-refractivity contribution in [2.45, 2.75) is 19.1 Å². The van der Waals surface area contributed by atoms with Crippen molar-refractivity contribution >= 4 is 5.65 Å². The average Bonchev–Trinajstić information content (AvgIpc) is 3.06. The molecule has 2 N–H and O–H groups in total. The Balaban J connectivity index is 1.52. The fourth-order valence-corrected chi connectivity index (χ4v) is 3.36. The number of hydrogen-bond donors (Lipinski definition) is 1. The first-order valence-corrected chi connectivity index (χ1v) is 8.75. The van der Waals surface area contributed by atoms with Crippen LogP contribution in [0, 0.1) is 0 Å². The smallest absolute Gasteiger partial charge is 0.162 e. The van der Waals surface area contributed by atoms with Crippen LogP contribution in [-0.4, -0.2) is 51.8 Å². The molecule has 0 bridgehead atoms. The summed E-state index contributed by atoms with van der Waals surface area (Å²) in [5.74, 6) is 0. The lowest BCUT2D eigenvalue weighted by Crippen LogP contribution is -2.42. The van der Waals surface area contributed by atoms with Crippen molar-refractivity contribution in [2.75, 3.05) is 26.2 Å². The van der Waals surface area contributed by atoms with Gasteiger partial charge in [-0.15, -0.1) is 0 Å². The molecule has 1 fully saturated rings. The van der Waals surface area contributed by atoms with Crippen LogP contribution in [0.2, 0.25) is 0 Å². The van der Waals surface area contributed by atoms with Gasteiger partial charge in [0.1, 0.15) is 0 Å². The molecule has 0 aliphatic carbocycles. The molecule has 25 heavy (non-hydrogen) atoms. The molecule has 1 aliphatic rings. The van der Waals surface area contributed by atoms with E-state index in [4.69, 9.17) is 10.5 Å². The fraction of sp³-hybridized carbons (Fsp3) is 0.368. The highest BCUT2D eigenvalue weighted by molar-refractivity contribution is 5.76. The summed E-state index contributed by atoms with van der Waals surface area (Å²) in [4.78, 5) is 7.06. The zero-order chi connectivity index (χ0) is 17.1. The molecule has 0 amide bonds. The second-order valence-corrected chi connectivity index (χ2v) is 6.46. The lowest BCUT2D eigenvalue weighted by Gasteiger charge is -2.32. The molecule has 0 radical (unpaired) electrons. The monoisotopic (exact) mass is 337 g/mol. The number of rotatable bonds is 5. The van der Waals surface area contributed by atoms with E-state index >= 15 is 0 Å². The Morgan fingerprint density at radius 1 is 1.20 bits per heavy atom. The standard InChI is InChI=1S/C19H23N5O/c20-7-6-17-14-23(8-9-25-17)12-15-10-21-19-18(11-22-24(19)13-15)16-4-2-1-3-5-16/h1-5,10-11,13,17H,6-9,12,14,20H2/t17-/m0/s1. The van der Waals surface area contributed by atoms with E-state index in [0.717, 1.165) is 55.0 Å². The largest absolute Gasteiger partial charge is 0.376 e. The first kappa shape index (κ1) is 16.2. The van der Waals surface area contributed by atoms with Crippen LogP contribution >= 0.6 is 0 Å². The number of morpholine rings is 1. The van der Waals surface area contributed by atoms with Crippen molar-refractivity contribution in [2.24, 2.45) is 5.73 Å². The summed E-state index contributed by atoms with van der Waals surface area (Å²) in [6.45, 7) is 4.15. The molecule has 6 heteroatoms. The van der Waals surface area contributed by atoms with Crippen LogP contribution in [0.3, 0.4) is 0 Å². The number of nitrogens with zero attached hydrogens (tertiary/aromatic N) is 4. The van der Waals surface area contributed by atoms with E-state index in [2.05, 4.69) is 33.3 Å². The van der Waals surface area contributed by atoms with Gasteiger partial charge in [-0.2, -0.15) is 5.10 Å². The van der Waals surface area contributed by atoms with E-state index in [9.17, 15) is 0 Å². The number of aromatic nitrogens is 3. The molecule has 0 unspecified atom stereocenters. The van der Waals surface area contributed by atoms with Gasteiger partial charge in [0.15, 0.2) is 5.65 Å². The molecular formula is C19H23N5O. The van der Waals surface area contributed by atoms with E-state index in [1.807, 2.05) is 35.1 Å². The number of ether oxygens (including phenoxy) is 1. The molecule has 1 aromatic carbocycles. The Labute approximate surface area is 147 Å². The van der Waals surface area contributed by atoms with Crippen LogP contribution < -0.4 is 5.73 Å². The Bertz CT molecular complexity index is 830. The van der Waals surface area contributed by atoms with E-state index in [1.54, 1.807) is 0 Å². The quantitative estimate of drug-likeness (QED) is 0.771. The molecular weight excluding hydrogens is 314 g/mol. The van der Waals surface area contributed by atoms with E-state index in [0.29, 0.717) is 6.54 Å². The fourth-order valence-electron chi connectivity index (χ4n) is 3.36. The first-order valence-electron chi connectivity index (χ1n) is 8.75. The Morgan fingerprint density at radius 2 is 2.08 bits per heavy atom. The summed E-state index contributed by atoms with van der Waals surface area (Å²) in [6, 6.07) is 10.2. The van der Waals surface area contributed by atoms with E-state index in [1.165, 1.54) is 0 Å². The minimum absolute atomic E-state index is 0.241. The summed E-state index contributed by atoms with van der Waals surface area (Å²) in [7, 11) is 0. The topological polar surface area (TPSA) is 68.7 Å². The Hall–Kier alpha value is -2.28. The number of nitrogens with two attached hydrogens (primary N) is 1. The zero-order valence-corrected chi connectivity index (χ0v) is 14.2. The van der Waals surface area contributed by atoms with Gasteiger partial charge in [-0.25, -0.2) is 9.50 Å². The van der Waals surface area contributed by atoms with E-state index in [-0.39, 0.29) is 6.10 Å². The highest BCUT2D eigenvalue weighted by Gasteiger charge is 2.20. The molecule has 1 aliphatic heterocycles. The minimum atomic E-state index is 0.241. The molecule has 1 saturated heterocycles. The van der Waals surface area contributed by atoms with Crippen molar-refractivity contribution in [3.63, 3.8) is 0 Å². The SMILES string of the molecule is NCC[C@H]1CN(Cc2cnc3c(-c4ccccc4)cnn3c2)CCO1. The summed E-state index contributed by atoms with van der Waals surface area (Å²) in [5, 5.41) is 4.49. The third-order valence-electron chi connectivity index (χ3n) is 4.61. The molecule has 2 aromatic heterocycles. The van der Waals surface area contributed by atoms with Crippen molar-refractivity contribution in [3.8, 4) is 11.1 Å². The van der Waals surface area contributed by atoms with Gasteiger partial charge >= 0.3 is 0 Å². The molecule has 6 nitrogen and oxygen atoms in total. The maximum Gasteiger partial charge on any atom is 0.162 e. The van der Waals surface area contributed by atoms with Gasteiger partial charge in [-0.3, -0.25) is 4.90 Å². The van der Waals surface area contributed by atoms with Crippen LogP contribution in [0.25, 0.3) is 16.8 Å². The lowest BCUT2D eigenvalue weighted by molar-refractivity contribution is -0.0335. The van der Waals surface area contributed by atoms with Gasteiger partial charge in [-0.1, -0.05) is 30.3 Å². The average molecular weight is 337 g/mol. The second kappa shape index (κ2) is 7.31. The molecule has 4 rings (SSSR count). The van der Waals surface area contributed by atoms with Crippen LogP contribution in [0.1, 0.15) is 12.0 Å². The first-order chi connectivity index (χ1) is 12.3. The molecule has 0 spiro atoms. The van der Waals surface area contributed by atoms with Gasteiger partial charge < -0.3 is 10.5 Å². The van der Waals surface area contributed by atoms with Crippen molar-refractivity contribution in [3.05, 3.63) is 54.5 Å². The third-order valence-corrected chi connectivity index (χ3v) is 4.61. The normalized spacial score (nSPS) is 18.7. The summed E-state index contributed by atoms with van der Waals surface area (Å²) >= 11 is 0. The van der Waals surface area contributed by atoms with E-state index < -0.39 is 0 Å². The molecule has 130 valence electrons. The minimum Gasteiger partial charge on any atom is -0.376 e. The maximum absolute atomic E-state index is 5.75. The van der Waals surface area contributed by atoms with Gasteiger partial charge in [-0.05, 0) is 18.5 Å². The van der Waals surface area contributed by atoms with Crippen LogP contribution in [0.15, 0.2) is 48.9 Å². The predicted molar refractivity (Wildman–Crippen MR) is 97.1 cm³/mol. The molecule has 3 aromatic rings. The van der Waals surface area contributed by atoms with Crippen molar-refractivity contribution in [1.82, 2.24) is 19.5 Å². The maximum atomic E-state index is 5.75. The molecule has 3 heterocycles. The van der Waals surface area contributed by atoms with Crippen molar-refractivity contribution < 1.29 is 4.74 Å². The highest BCUT2D eigenvalue weighted by atomic mass is 16.5. The number of hydrogen-bond acceptors (Lipinski definition) is 5. The summed E-state index contributed by atoms with van der Waals surface area (Å²) < 4.78 is 7.62. The van der Waals surface area contributed by atoms with Gasteiger partial charge in [0.25, 0.3) is 0 Å². The van der Waals surface area contributed by atoms with Crippen LogP contribution in [-0.2, 0) is 11.3 Å². The molecule has 1 atom stereocenters.